The molecule has 1 rings (SSSR count). The maximum absolute atomic E-state index is 12.4. The predicted molar refractivity (Wildman–Crippen MR) is 77.9 cm³/mol. The first-order chi connectivity index (χ1) is 9.56. The number of hydrogen-bond donors (Lipinski definition) is 1. The van der Waals surface area contributed by atoms with Crippen LogP contribution in [0.3, 0.4) is 0 Å². The van der Waals surface area contributed by atoms with E-state index in [0.29, 0.717) is 11.1 Å². The normalized spacial score (nSPS) is 12.1. The molecule has 0 aliphatic carbocycles. The largest absolute Gasteiger partial charge is 0.480 e. The average Bonchev–Trinajstić information content (AvgIpc) is 2.35. The number of carboxylic acids is 1. The Morgan fingerprint density at radius 1 is 1.29 bits per heavy atom. The molecule has 0 fully saturated rings. The van der Waals surface area contributed by atoms with Gasteiger partial charge < -0.3 is 5.11 Å². The molecule has 7 heteroatoms. The fourth-order valence-electron chi connectivity index (χ4n) is 1.84. The SMILES string of the molecule is CC(C)(C)N(CC(=O)O)S(=O)(=O)Cc1ccc(C#N)cc1. The van der Waals surface area contributed by atoms with E-state index in [1.165, 1.54) is 12.1 Å². The van der Waals surface area contributed by atoms with Gasteiger partial charge in [-0.15, -0.1) is 0 Å². The molecule has 21 heavy (non-hydrogen) atoms. The van der Waals surface area contributed by atoms with Crippen LogP contribution in [-0.4, -0.2) is 35.9 Å². The van der Waals surface area contributed by atoms with Gasteiger partial charge in [0.2, 0.25) is 10.0 Å². The number of rotatable bonds is 5. The lowest BCUT2D eigenvalue weighted by Crippen LogP contribution is -2.48. The van der Waals surface area contributed by atoms with Gasteiger partial charge in [0.05, 0.1) is 17.4 Å². The Balaban J connectivity index is 3.06. The average molecular weight is 310 g/mol. The predicted octanol–water partition coefficient (Wildman–Crippen LogP) is 1.57. The van der Waals surface area contributed by atoms with Crippen molar-refractivity contribution in [2.75, 3.05) is 6.54 Å². The first kappa shape index (κ1) is 17.1. The monoisotopic (exact) mass is 310 g/mol. The van der Waals surface area contributed by atoms with Crippen molar-refractivity contribution in [2.45, 2.75) is 32.1 Å². The summed E-state index contributed by atoms with van der Waals surface area (Å²) in [4.78, 5) is 10.9. The summed E-state index contributed by atoms with van der Waals surface area (Å²) in [5, 5.41) is 17.6. The van der Waals surface area contributed by atoms with Crippen LogP contribution in [0, 0.1) is 11.3 Å². The van der Waals surface area contributed by atoms with Gasteiger partial charge >= 0.3 is 5.97 Å². The topological polar surface area (TPSA) is 98.5 Å². The Morgan fingerprint density at radius 2 is 1.81 bits per heavy atom. The van der Waals surface area contributed by atoms with Crippen LogP contribution in [0.2, 0.25) is 0 Å². The molecule has 0 saturated carbocycles. The van der Waals surface area contributed by atoms with E-state index < -0.39 is 28.1 Å². The van der Waals surface area contributed by atoms with Crippen molar-refractivity contribution in [3.8, 4) is 6.07 Å². The smallest absolute Gasteiger partial charge is 0.318 e. The second kappa shape index (κ2) is 6.24. The Hall–Kier alpha value is -1.91. The van der Waals surface area contributed by atoms with E-state index in [4.69, 9.17) is 10.4 Å². The summed E-state index contributed by atoms with van der Waals surface area (Å²) in [5.41, 5.74) is 0.118. The highest BCUT2D eigenvalue weighted by atomic mass is 32.2. The van der Waals surface area contributed by atoms with Crippen LogP contribution >= 0.6 is 0 Å². The van der Waals surface area contributed by atoms with E-state index in [-0.39, 0.29) is 5.75 Å². The summed E-state index contributed by atoms with van der Waals surface area (Å²) >= 11 is 0. The van der Waals surface area contributed by atoms with Gasteiger partial charge in [-0.25, -0.2) is 8.42 Å². The Labute approximate surface area is 124 Å². The molecule has 0 spiro atoms. The molecular formula is C14H18N2O4S. The standard InChI is InChI=1S/C14H18N2O4S/c1-14(2,3)16(9-13(17)18)21(19,20)10-12-6-4-11(8-15)5-7-12/h4-7H,9-10H2,1-3H3,(H,17,18). The molecule has 0 radical (unpaired) electrons. The third kappa shape index (κ3) is 4.85. The maximum Gasteiger partial charge on any atom is 0.318 e. The lowest BCUT2D eigenvalue weighted by atomic mass is 10.1. The summed E-state index contributed by atoms with van der Waals surface area (Å²) < 4.78 is 25.8. The van der Waals surface area contributed by atoms with Crippen molar-refractivity contribution in [2.24, 2.45) is 0 Å². The van der Waals surface area contributed by atoms with E-state index in [9.17, 15) is 13.2 Å². The molecule has 0 aromatic heterocycles. The van der Waals surface area contributed by atoms with Gasteiger partial charge in [-0.05, 0) is 38.5 Å². The number of carboxylic acid groups (broad SMARTS) is 1. The zero-order valence-electron chi connectivity index (χ0n) is 12.2. The van der Waals surface area contributed by atoms with Crippen LogP contribution in [0.25, 0.3) is 0 Å². The van der Waals surface area contributed by atoms with Crippen molar-refractivity contribution >= 4 is 16.0 Å². The molecule has 1 aromatic rings. The zero-order valence-corrected chi connectivity index (χ0v) is 13.0. The summed E-state index contributed by atoms with van der Waals surface area (Å²) in [5.74, 6) is -1.50. The number of nitrogens with zero attached hydrogens (tertiary/aromatic N) is 2. The van der Waals surface area contributed by atoms with E-state index >= 15 is 0 Å². The van der Waals surface area contributed by atoms with Crippen molar-refractivity contribution in [3.05, 3.63) is 35.4 Å². The lowest BCUT2D eigenvalue weighted by molar-refractivity contribution is -0.138. The molecule has 0 aliphatic rings. The molecule has 0 bridgehead atoms. The van der Waals surface area contributed by atoms with E-state index in [1.807, 2.05) is 6.07 Å². The number of nitriles is 1. The van der Waals surface area contributed by atoms with Gasteiger partial charge in [-0.3, -0.25) is 4.79 Å². The third-order valence-electron chi connectivity index (χ3n) is 2.79. The number of hydrogen-bond acceptors (Lipinski definition) is 4. The molecule has 0 unspecified atom stereocenters. The van der Waals surface area contributed by atoms with Crippen LogP contribution < -0.4 is 0 Å². The molecule has 114 valence electrons. The lowest BCUT2D eigenvalue weighted by Gasteiger charge is -2.33. The molecule has 1 aromatic carbocycles. The number of sulfonamides is 1. The minimum Gasteiger partial charge on any atom is -0.480 e. The fraction of sp³-hybridized carbons (Fsp3) is 0.429. The summed E-state index contributed by atoms with van der Waals surface area (Å²) in [7, 11) is -3.78. The van der Waals surface area contributed by atoms with Gasteiger partial charge in [0, 0.05) is 5.54 Å². The summed E-state index contributed by atoms with van der Waals surface area (Å²) in [6.45, 7) is 4.35. The van der Waals surface area contributed by atoms with Gasteiger partial charge in [-0.2, -0.15) is 9.57 Å². The van der Waals surface area contributed by atoms with Crippen molar-refractivity contribution in [1.29, 1.82) is 5.26 Å². The summed E-state index contributed by atoms with van der Waals surface area (Å²) in [6.07, 6.45) is 0. The zero-order chi connectivity index (χ0) is 16.3. The number of carbonyl (C=O) groups is 1. The quantitative estimate of drug-likeness (QED) is 0.890. The fourth-order valence-corrected chi connectivity index (χ4v) is 3.75. The van der Waals surface area contributed by atoms with Crippen molar-refractivity contribution < 1.29 is 18.3 Å². The second-order valence-electron chi connectivity index (χ2n) is 5.64. The van der Waals surface area contributed by atoms with E-state index in [0.717, 1.165) is 4.31 Å². The maximum atomic E-state index is 12.4. The van der Waals surface area contributed by atoms with E-state index in [1.54, 1.807) is 32.9 Å². The van der Waals surface area contributed by atoms with E-state index in [2.05, 4.69) is 0 Å². The Morgan fingerprint density at radius 3 is 2.19 bits per heavy atom. The molecular weight excluding hydrogens is 292 g/mol. The Bertz CT molecular complexity index is 652. The van der Waals surface area contributed by atoms with Crippen LogP contribution in [0.15, 0.2) is 24.3 Å². The van der Waals surface area contributed by atoms with Gasteiger partial charge in [0.25, 0.3) is 0 Å². The van der Waals surface area contributed by atoms with Gasteiger partial charge in [-0.1, -0.05) is 12.1 Å². The van der Waals surface area contributed by atoms with Crippen LogP contribution in [0.4, 0.5) is 0 Å². The summed E-state index contributed by atoms with van der Waals surface area (Å²) in [6, 6.07) is 8.12. The molecule has 0 aliphatic heterocycles. The van der Waals surface area contributed by atoms with Crippen LogP contribution in [0.1, 0.15) is 31.9 Å². The number of benzene rings is 1. The molecule has 0 saturated heterocycles. The Kier molecular flexibility index (Phi) is 5.10. The first-order valence-electron chi connectivity index (χ1n) is 6.27. The highest BCUT2D eigenvalue weighted by Gasteiger charge is 2.34. The van der Waals surface area contributed by atoms with Crippen molar-refractivity contribution in [1.82, 2.24) is 4.31 Å². The number of aliphatic carboxylic acids is 1. The molecule has 0 heterocycles. The van der Waals surface area contributed by atoms with Gasteiger partial charge in [0.1, 0.15) is 6.54 Å². The molecule has 0 amide bonds. The molecule has 0 atom stereocenters. The second-order valence-corrected chi connectivity index (χ2v) is 7.53. The van der Waals surface area contributed by atoms with Crippen molar-refractivity contribution in [3.63, 3.8) is 0 Å². The van der Waals surface area contributed by atoms with Gasteiger partial charge in [0.15, 0.2) is 0 Å². The molecule has 6 nitrogen and oxygen atoms in total. The third-order valence-corrected chi connectivity index (χ3v) is 4.84. The van der Waals surface area contributed by atoms with Crippen LogP contribution in [0.5, 0.6) is 0 Å². The van der Waals surface area contributed by atoms with Crippen LogP contribution in [-0.2, 0) is 20.6 Å². The first-order valence-corrected chi connectivity index (χ1v) is 7.88. The minimum atomic E-state index is -3.78. The minimum absolute atomic E-state index is 0.302. The highest BCUT2D eigenvalue weighted by molar-refractivity contribution is 7.88. The molecule has 1 N–H and O–H groups in total. The highest BCUT2D eigenvalue weighted by Crippen LogP contribution is 2.21.